The maximum Gasteiger partial charge on any atom is 0.165 e. The molecule has 4 aromatic rings. The van der Waals surface area contributed by atoms with Crippen LogP contribution in [0.4, 0.5) is 5.82 Å². The average Bonchev–Trinajstić information content (AvgIpc) is 3.12. The number of rotatable bonds is 5. The quantitative estimate of drug-likeness (QED) is 0.304. The van der Waals surface area contributed by atoms with Crippen molar-refractivity contribution in [2.75, 3.05) is 5.73 Å². The van der Waals surface area contributed by atoms with Crippen LogP contribution < -0.4 is 5.73 Å². The van der Waals surface area contributed by atoms with E-state index in [-0.39, 0.29) is 41.2 Å². The maximum atomic E-state index is 10.4. The smallest absolute Gasteiger partial charge is 0.165 e. The number of para-hydroxylation sites is 2. The first-order chi connectivity index (χ1) is 14.0. The molecule has 0 fully saturated rings. The van der Waals surface area contributed by atoms with Gasteiger partial charge in [-0.1, -0.05) is 24.3 Å². The molecule has 0 aliphatic carbocycles. The predicted molar refractivity (Wildman–Crippen MR) is 113 cm³/mol. The van der Waals surface area contributed by atoms with Crippen LogP contribution in [-0.2, 0) is 6.54 Å². The molecular weight excluding hydrogens is 410 g/mol. The number of aromatic hydroxyl groups is 4. The van der Waals surface area contributed by atoms with Gasteiger partial charge >= 0.3 is 0 Å². The lowest BCUT2D eigenvalue weighted by Gasteiger charge is -2.21. The number of hydrogen-bond donors (Lipinski definition) is 5. The van der Waals surface area contributed by atoms with E-state index < -0.39 is 5.92 Å². The van der Waals surface area contributed by atoms with Crippen LogP contribution in [0.15, 0.2) is 49.1 Å². The Hall–Kier alpha value is -3.72. The van der Waals surface area contributed by atoms with Crippen LogP contribution in [-0.4, -0.2) is 39.9 Å². The third-order valence-corrected chi connectivity index (χ3v) is 4.93. The molecule has 0 unspecified atom stereocenters. The van der Waals surface area contributed by atoms with Crippen LogP contribution in [0.3, 0.4) is 0 Å². The van der Waals surface area contributed by atoms with E-state index in [0.717, 1.165) is 0 Å². The fourth-order valence-electron chi connectivity index (χ4n) is 3.47. The Morgan fingerprint density at radius 3 is 2.07 bits per heavy atom. The summed E-state index contributed by atoms with van der Waals surface area (Å²) in [7, 11) is 0. The molecule has 156 valence electrons. The molecule has 0 atom stereocenters. The fraction of sp³-hybridized carbons (Fsp3) is 0.150. The normalized spacial score (nSPS) is 11.0. The van der Waals surface area contributed by atoms with E-state index in [1.165, 1.54) is 18.5 Å². The van der Waals surface area contributed by atoms with E-state index in [9.17, 15) is 20.4 Å². The molecule has 0 aliphatic rings. The van der Waals surface area contributed by atoms with Gasteiger partial charge in [-0.05, 0) is 18.6 Å². The predicted octanol–water partition coefficient (Wildman–Crippen LogP) is 2.87. The number of aromatic nitrogens is 4. The van der Waals surface area contributed by atoms with Gasteiger partial charge in [0.1, 0.15) is 11.8 Å². The van der Waals surface area contributed by atoms with Crippen LogP contribution in [0.25, 0.3) is 11.2 Å². The zero-order valence-electron chi connectivity index (χ0n) is 15.7. The summed E-state index contributed by atoms with van der Waals surface area (Å²) in [4.78, 5) is 12.4. The molecule has 0 spiro atoms. The van der Waals surface area contributed by atoms with Gasteiger partial charge in [0.2, 0.25) is 0 Å². The topological polar surface area (TPSA) is 151 Å². The van der Waals surface area contributed by atoms with E-state index in [2.05, 4.69) is 15.0 Å². The van der Waals surface area contributed by atoms with Crippen LogP contribution in [0.5, 0.6) is 23.0 Å². The largest absolute Gasteiger partial charge is 0.504 e. The highest BCUT2D eigenvalue weighted by Gasteiger charge is 2.24. The second kappa shape index (κ2) is 8.34. The van der Waals surface area contributed by atoms with Gasteiger partial charge in [0, 0.05) is 23.6 Å². The van der Waals surface area contributed by atoms with Crippen molar-refractivity contribution in [1.29, 1.82) is 0 Å². The van der Waals surface area contributed by atoms with E-state index in [1.807, 2.05) is 0 Å². The number of phenolic OH excluding ortho intramolecular Hbond substituents is 4. The standard InChI is InChI=1S/C20H19N5O4.ClH/c21-19-16-20(23-9-22-19)25(10-24-16)8-7-11(12-3-1-5-14(26)17(12)28)13-4-2-6-15(27)18(13)29;/h1-6,9-11,26-29H,7-8H2,(H2,21,22,23);1H. The average molecular weight is 430 g/mol. The first-order valence-electron chi connectivity index (χ1n) is 8.90. The summed E-state index contributed by atoms with van der Waals surface area (Å²) in [5.74, 6) is -1.32. The Labute approximate surface area is 177 Å². The molecule has 2 aromatic heterocycles. The lowest BCUT2D eigenvalue weighted by molar-refractivity contribution is 0.387. The highest BCUT2D eigenvalue weighted by molar-refractivity contribution is 5.85. The zero-order valence-corrected chi connectivity index (χ0v) is 16.5. The van der Waals surface area contributed by atoms with Gasteiger partial charge in [-0.3, -0.25) is 0 Å². The number of anilines is 1. The van der Waals surface area contributed by atoms with Gasteiger partial charge in [0.25, 0.3) is 0 Å². The molecule has 0 saturated heterocycles. The molecule has 2 heterocycles. The van der Waals surface area contributed by atoms with E-state index in [4.69, 9.17) is 5.73 Å². The molecule has 6 N–H and O–H groups in total. The van der Waals surface area contributed by atoms with E-state index in [0.29, 0.717) is 35.3 Å². The van der Waals surface area contributed by atoms with Crippen LogP contribution in [0.2, 0.25) is 0 Å². The second-order valence-corrected chi connectivity index (χ2v) is 6.64. The summed E-state index contributed by atoms with van der Waals surface area (Å²) in [6.07, 6.45) is 3.36. The minimum atomic E-state index is -0.522. The third kappa shape index (κ3) is 3.62. The Morgan fingerprint density at radius 1 is 0.867 bits per heavy atom. The summed E-state index contributed by atoms with van der Waals surface area (Å²) in [5, 5.41) is 40.7. The van der Waals surface area contributed by atoms with Crippen molar-refractivity contribution < 1.29 is 20.4 Å². The number of aryl methyl sites for hydroxylation is 1. The summed E-state index contributed by atoms with van der Waals surface area (Å²) >= 11 is 0. The minimum absolute atomic E-state index is 0. The lowest BCUT2D eigenvalue weighted by atomic mass is 9.87. The molecule has 30 heavy (non-hydrogen) atoms. The molecule has 0 bridgehead atoms. The zero-order chi connectivity index (χ0) is 20.5. The highest BCUT2D eigenvalue weighted by Crippen LogP contribution is 2.43. The molecule has 10 heteroatoms. The number of phenols is 4. The molecule has 2 aromatic carbocycles. The molecule has 4 rings (SSSR count). The lowest BCUT2D eigenvalue weighted by Crippen LogP contribution is -2.08. The molecule has 0 saturated carbocycles. The van der Waals surface area contributed by atoms with Crippen molar-refractivity contribution >= 4 is 29.4 Å². The number of nitrogen functional groups attached to an aromatic ring is 1. The molecule has 9 nitrogen and oxygen atoms in total. The van der Waals surface area contributed by atoms with Crippen molar-refractivity contribution in [3.05, 3.63) is 60.2 Å². The van der Waals surface area contributed by atoms with Crippen molar-refractivity contribution in [3.8, 4) is 23.0 Å². The summed E-state index contributed by atoms with van der Waals surface area (Å²) in [5.41, 5.74) is 7.73. The van der Waals surface area contributed by atoms with E-state index in [1.54, 1.807) is 35.2 Å². The number of hydrogen-bond acceptors (Lipinski definition) is 8. The van der Waals surface area contributed by atoms with Crippen molar-refractivity contribution in [3.63, 3.8) is 0 Å². The number of halogens is 1. The van der Waals surface area contributed by atoms with Gasteiger partial charge < -0.3 is 30.7 Å². The van der Waals surface area contributed by atoms with Crippen LogP contribution in [0, 0.1) is 0 Å². The van der Waals surface area contributed by atoms with Crippen LogP contribution in [0.1, 0.15) is 23.5 Å². The number of nitrogens with two attached hydrogens (primary N) is 1. The monoisotopic (exact) mass is 429 g/mol. The minimum Gasteiger partial charge on any atom is -0.504 e. The van der Waals surface area contributed by atoms with Crippen molar-refractivity contribution in [2.24, 2.45) is 0 Å². The SMILES string of the molecule is Cl.Nc1ncnc2c1ncn2CCC(c1cccc(O)c1O)c1cccc(O)c1O. The van der Waals surface area contributed by atoms with Gasteiger partial charge in [-0.2, -0.15) is 0 Å². The number of benzene rings is 2. The number of imidazole rings is 1. The Bertz CT molecular complexity index is 1150. The van der Waals surface area contributed by atoms with Gasteiger partial charge in [-0.25, -0.2) is 15.0 Å². The third-order valence-electron chi connectivity index (χ3n) is 4.93. The van der Waals surface area contributed by atoms with Gasteiger partial charge in [-0.15, -0.1) is 12.4 Å². The number of nitrogens with zero attached hydrogens (tertiary/aromatic N) is 4. The molecule has 0 amide bonds. The highest BCUT2D eigenvalue weighted by atomic mass is 35.5. The summed E-state index contributed by atoms with van der Waals surface area (Å²) in [6, 6.07) is 9.29. The van der Waals surface area contributed by atoms with Crippen LogP contribution >= 0.6 is 12.4 Å². The summed E-state index contributed by atoms with van der Waals surface area (Å²) in [6.45, 7) is 0.418. The van der Waals surface area contributed by atoms with Crippen molar-refractivity contribution in [1.82, 2.24) is 19.5 Å². The molecule has 0 aliphatic heterocycles. The first-order valence-corrected chi connectivity index (χ1v) is 8.90. The Kier molecular flexibility index (Phi) is 5.84. The van der Waals surface area contributed by atoms with Gasteiger partial charge in [0.05, 0.1) is 6.33 Å². The maximum absolute atomic E-state index is 10.4. The molecule has 0 radical (unpaired) electrons. The van der Waals surface area contributed by atoms with E-state index >= 15 is 0 Å². The first kappa shape index (κ1) is 21.0. The summed E-state index contributed by atoms with van der Waals surface area (Å²) < 4.78 is 1.79. The Morgan fingerprint density at radius 2 is 1.47 bits per heavy atom. The second-order valence-electron chi connectivity index (χ2n) is 6.64. The fourth-order valence-corrected chi connectivity index (χ4v) is 3.47. The molecular formula is C20H20ClN5O4. The number of fused-ring (bicyclic) bond motifs is 1. The van der Waals surface area contributed by atoms with Crippen molar-refractivity contribution in [2.45, 2.75) is 18.9 Å². The van der Waals surface area contributed by atoms with Gasteiger partial charge in [0.15, 0.2) is 34.5 Å². The Balaban J connectivity index is 0.00000256.